The maximum atomic E-state index is 15.2. The van der Waals surface area contributed by atoms with Gasteiger partial charge in [-0.15, -0.1) is 45.3 Å². The molecule has 5 heterocycles. The molecule has 4 aromatic heterocycles. The SMILES string of the molecule is O=C1C(=Cc2nc3sc4c(c3s2)OC(C(=O)OCc2ccccc2)(C(=O)OCc2ccccc2)c2c-4sc3nc(C=C4C(=O)c5cc6cc(F)c(F)cc6cc5C4=O)sc23)C(=O)c2cc3cc(F)c(F)cc3cc21. The first kappa shape index (κ1) is 45.5. The Labute approximate surface area is 428 Å². The molecular weight excluding hydrogens is 1040 g/mol. The molecule has 0 fully saturated rings. The maximum Gasteiger partial charge on any atom is 0.367 e. The zero-order chi connectivity index (χ0) is 50.9. The summed E-state index contributed by atoms with van der Waals surface area (Å²) in [5.41, 5.74) is -1.94. The third-order valence-corrected chi connectivity index (χ3v) is 17.4. The number of carbonyl (C=O) groups is 6. The molecule has 2 aliphatic carbocycles. The number of nitrogens with zero attached hydrogens (tertiary/aromatic N) is 2. The number of ether oxygens (including phenoxy) is 3. The van der Waals surface area contributed by atoms with Crippen molar-refractivity contribution in [1.82, 2.24) is 9.97 Å². The van der Waals surface area contributed by atoms with Gasteiger partial charge in [0.1, 0.15) is 37.6 Å². The van der Waals surface area contributed by atoms with E-state index < -0.39 is 63.9 Å². The van der Waals surface area contributed by atoms with E-state index in [0.717, 1.165) is 69.6 Å². The van der Waals surface area contributed by atoms with Gasteiger partial charge in [0.05, 0.1) is 31.2 Å². The largest absolute Gasteiger partial charge is 0.457 e. The van der Waals surface area contributed by atoms with Gasteiger partial charge in [0.15, 0.2) is 52.2 Å². The predicted molar refractivity (Wildman–Crippen MR) is 270 cm³/mol. The molecule has 13 rings (SSSR count). The smallest absolute Gasteiger partial charge is 0.367 e. The molecule has 0 saturated carbocycles. The maximum absolute atomic E-state index is 15.2. The second-order valence-electron chi connectivity index (χ2n) is 17.3. The molecule has 0 saturated heterocycles. The Morgan fingerprint density at radius 1 is 0.514 bits per heavy atom. The molecule has 0 amide bonds. The van der Waals surface area contributed by atoms with Gasteiger partial charge in [0, 0.05) is 22.3 Å². The molecule has 3 aliphatic rings. The second kappa shape index (κ2) is 16.9. The molecule has 0 spiro atoms. The van der Waals surface area contributed by atoms with E-state index in [4.69, 9.17) is 24.2 Å². The lowest BCUT2D eigenvalue weighted by atomic mass is 9.91. The normalized spacial score (nSPS) is 14.4. The number of halogens is 4. The molecule has 0 atom stereocenters. The van der Waals surface area contributed by atoms with Crippen molar-refractivity contribution >= 4 is 133 Å². The third kappa shape index (κ3) is 7.02. The van der Waals surface area contributed by atoms with Crippen LogP contribution in [-0.2, 0) is 37.9 Å². The highest BCUT2D eigenvalue weighted by Gasteiger charge is 2.60. The molecule has 0 bridgehead atoms. The molecule has 11 nitrogen and oxygen atoms in total. The standard InChI is InChI=1S/C55H24F4N2O9S4/c56-35-15-25-11-29-30(12-26(25)16-36(35)57)43(63)33(42(29)62)19-39-60-51-48(71-39)41-47(73-51)49-46(70-55(41,53(66)68-21-23-7-3-1-4-8-23)54(67)69-22-24-9-5-2-6-10-24)50-52(74-49)61-40(72-50)20-34-44(64)31-13-27-17-37(58)38(59)18-28(27)14-32(31)45(34)65/h1-20H,21-22H2. The van der Waals surface area contributed by atoms with E-state index in [1.54, 1.807) is 60.7 Å². The number of hydrogen-bond donors (Lipinski definition) is 0. The van der Waals surface area contributed by atoms with Crippen molar-refractivity contribution in [1.29, 1.82) is 0 Å². The highest BCUT2D eigenvalue weighted by molar-refractivity contribution is 7.34. The van der Waals surface area contributed by atoms with Crippen molar-refractivity contribution < 1.29 is 60.5 Å². The molecule has 360 valence electrons. The molecule has 1 aliphatic heterocycles. The van der Waals surface area contributed by atoms with E-state index in [2.05, 4.69) is 0 Å². The first-order valence-electron chi connectivity index (χ1n) is 22.2. The molecule has 6 aromatic carbocycles. The van der Waals surface area contributed by atoms with Gasteiger partial charge in [-0.3, -0.25) is 19.2 Å². The lowest BCUT2D eigenvalue weighted by Crippen LogP contribution is -2.52. The molecule has 74 heavy (non-hydrogen) atoms. The zero-order valence-electron chi connectivity index (χ0n) is 37.2. The molecule has 0 radical (unpaired) electrons. The molecule has 19 heteroatoms. The number of hydrogen-bond acceptors (Lipinski definition) is 15. The highest BCUT2D eigenvalue weighted by Crippen LogP contribution is 2.60. The third-order valence-electron chi connectivity index (χ3n) is 12.8. The van der Waals surface area contributed by atoms with Gasteiger partial charge in [-0.25, -0.2) is 37.1 Å². The Balaban J connectivity index is 0.943. The number of carbonyl (C=O) groups excluding carboxylic acids is 6. The van der Waals surface area contributed by atoms with Crippen molar-refractivity contribution in [3.05, 3.63) is 193 Å². The predicted octanol–water partition coefficient (Wildman–Crippen LogP) is 12.6. The van der Waals surface area contributed by atoms with Gasteiger partial charge in [-0.1, -0.05) is 60.7 Å². The van der Waals surface area contributed by atoms with Crippen LogP contribution in [-0.4, -0.2) is 45.0 Å². The van der Waals surface area contributed by atoms with E-state index in [1.807, 2.05) is 0 Å². The fourth-order valence-electron chi connectivity index (χ4n) is 9.29. The fraction of sp³-hybridized carbons (Fsp3) is 0.0545. The van der Waals surface area contributed by atoms with Gasteiger partial charge < -0.3 is 14.2 Å². The van der Waals surface area contributed by atoms with Crippen molar-refractivity contribution in [2.45, 2.75) is 18.8 Å². The average Bonchev–Trinajstić information content (AvgIpc) is 4.23. The minimum absolute atomic E-state index is 0.000702. The molecule has 10 aromatic rings. The Kier molecular flexibility index (Phi) is 10.4. The van der Waals surface area contributed by atoms with Crippen LogP contribution in [0.4, 0.5) is 17.6 Å². The van der Waals surface area contributed by atoms with Gasteiger partial charge in [0.25, 0.3) is 0 Å². The number of thiophene rings is 2. The summed E-state index contributed by atoms with van der Waals surface area (Å²) in [5, 5.41) is 1.23. The fourth-order valence-corrected chi connectivity index (χ4v) is 14.2. The van der Waals surface area contributed by atoms with Crippen LogP contribution in [0.25, 0.3) is 62.5 Å². The summed E-state index contributed by atoms with van der Waals surface area (Å²) in [5.74, 6) is -9.30. The van der Waals surface area contributed by atoms with E-state index in [1.165, 1.54) is 36.4 Å². The van der Waals surface area contributed by atoms with Gasteiger partial charge >= 0.3 is 17.5 Å². The summed E-state index contributed by atoms with van der Waals surface area (Å²) in [4.78, 5) is 96.5. The number of ketones is 4. The molecule has 0 N–H and O–H groups in total. The van der Waals surface area contributed by atoms with Gasteiger partial charge in [0.2, 0.25) is 0 Å². The summed E-state index contributed by atoms with van der Waals surface area (Å²) >= 11 is 4.22. The van der Waals surface area contributed by atoms with Crippen LogP contribution in [0.5, 0.6) is 5.75 Å². The zero-order valence-corrected chi connectivity index (χ0v) is 40.4. The van der Waals surface area contributed by atoms with Gasteiger partial charge in [-0.05, 0) is 93.4 Å². The first-order chi connectivity index (χ1) is 35.7. The van der Waals surface area contributed by atoms with Crippen molar-refractivity contribution in [2.75, 3.05) is 0 Å². The summed E-state index contributed by atoms with van der Waals surface area (Å²) in [6.45, 7) is -0.570. The topological polar surface area (TPSA) is 156 Å². The number of rotatable bonds is 8. The van der Waals surface area contributed by atoms with E-state index in [0.29, 0.717) is 30.4 Å². The second-order valence-corrected chi connectivity index (χ2v) is 21.4. The number of aromatic nitrogens is 2. The summed E-state index contributed by atoms with van der Waals surface area (Å²) < 4.78 is 76.1. The number of thiazole rings is 2. The Bertz CT molecular complexity index is 4130. The van der Waals surface area contributed by atoms with Crippen LogP contribution in [0.2, 0.25) is 0 Å². The monoisotopic (exact) mass is 1060 g/mol. The number of esters is 2. The Morgan fingerprint density at radius 2 is 0.892 bits per heavy atom. The van der Waals surface area contributed by atoms with Crippen LogP contribution in [0, 0.1) is 23.3 Å². The summed E-state index contributed by atoms with van der Waals surface area (Å²) in [6.07, 6.45) is 2.60. The molecule has 0 unspecified atom stereocenters. The number of benzene rings is 6. The number of allylic oxidation sites excluding steroid dienone is 2. The van der Waals surface area contributed by atoms with Crippen LogP contribution in [0.1, 0.15) is 68.1 Å². The summed E-state index contributed by atoms with van der Waals surface area (Å²) in [6, 6.07) is 26.6. The van der Waals surface area contributed by atoms with E-state index in [9.17, 15) is 36.7 Å². The minimum Gasteiger partial charge on any atom is -0.457 e. The molecular formula is C55H24F4N2O9S4. The van der Waals surface area contributed by atoms with Crippen molar-refractivity contribution in [3.63, 3.8) is 0 Å². The first-order valence-corrected chi connectivity index (χ1v) is 25.5. The quantitative estimate of drug-likeness (QED) is 0.0469. The van der Waals surface area contributed by atoms with E-state index in [-0.39, 0.29) is 99.0 Å². The van der Waals surface area contributed by atoms with Crippen LogP contribution < -0.4 is 4.74 Å². The Hall–Kier alpha value is -8.36. The lowest BCUT2D eigenvalue weighted by molar-refractivity contribution is -0.183. The Morgan fingerprint density at radius 3 is 1.31 bits per heavy atom. The van der Waals surface area contributed by atoms with E-state index >= 15 is 9.59 Å². The van der Waals surface area contributed by atoms with Gasteiger partial charge in [-0.2, -0.15) is 0 Å². The number of Topliss-reactive ketones (excluding diaryl/α,β-unsaturated/α-hetero) is 4. The van der Waals surface area contributed by atoms with Crippen molar-refractivity contribution in [2.24, 2.45) is 0 Å². The van der Waals surface area contributed by atoms with Crippen LogP contribution in [0.3, 0.4) is 0 Å². The van der Waals surface area contributed by atoms with Crippen LogP contribution in [0.15, 0.2) is 120 Å². The highest BCUT2D eigenvalue weighted by atomic mass is 32.1. The van der Waals surface area contributed by atoms with Crippen LogP contribution >= 0.6 is 45.3 Å². The van der Waals surface area contributed by atoms with Crippen molar-refractivity contribution in [3.8, 4) is 15.5 Å². The lowest BCUT2D eigenvalue weighted by Gasteiger charge is -2.33. The number of fused-ring (bicyclic) bond motifs is 11. The average molecular weight is 1060 g/mol. The minimum atomic E-state index is -2.68. The summed E-state index contributed by atoms with van der Waals surface area (Å²) in [7, 11) is 0.